The average Bonchev–Trinajstić information content (AvgIpc) is 2.46. The molecule has 0 saturated carbocycles. The van der Waals surface area contributed by atoms with Gasteiger partial charge in [0.1, 0.15) is 0 Å². The second kappa shape index (κ2) is 5.29. The van der Waals surface area contributed by atoms with Crippen molar-refractivity contribution in [2.24, 2.45) is 5.73 Å². The zero-order valence-corrected chi connectivity index (χ0v) is 11.9. The lowest BCUT2D eigenvalue weighted by Gasteiger charge is -2.38. The van der Waals surface area contributed by atoms with E-state index >= 15 is 0 Å². The number of nitro groups is 1. The summed E-state index contributed by atoms with van der Waals surface area (Å²) >= 11 is 0. The molecule has 110 valence electrons. The molecule has 0 spiro atoms. The third-order valence-corrected chi connectivity index (χ3v) is 4.19. The van der Waals surface area contributed by atoms with E-state index in [1.54, 1.807) is 18.5 Å². The standard InChI is InChI=1S/C15H18N4O2/c1-10-8-11(16)5-7-18(10)14-2-3-15(19(20)21)13-9-17-6-4-12(13)14/h2-4,6,9-11H,5,7-8,16H2,1H3. The van der Waals surface area contributed by atoms with Crippen molar-refractivity contribution >= 4 is 22.1 Å². The van der Waals surface area contributed by atoms with Crippen LogP contribution < -0.4 is 10.6 Å². The van der Waals surface area contributed by atoms with Gasteiger partial charge in [-0.15, -0.1) is 0 Å². The molecule has 6 heteroatoms. The van der Waals surface area contributed by atoms with Gasteiger partial charge in [-0.1, -0.05) is 0 Å². The van der Waals surface area contributed by atoms with E-state index in [-0.39, 0.29) is 16.7 Å². The number of piperidine rings is 1. The highest BCUT2D eigenvalue weighted by molar-refractivity contribution is 5.99. The van der Waals surface area contributed by atoms with E-state index in [1.807, 2.05) is 12.1 Å². The van der Waals surface area contributed by atoms with Gasteiger partial charge in [-0.25, -0.2) is 0 Å². The van der Waals surface area contributed by atoms with Gasteiger partial charge in [0, 0.05) is 48.2 Å². The summed E-state index contributed by atoms with van der Waals surface area (Å²) in [5, 5.41) is 12.6. The second-order valence-corrected chi connectivity index (χ2v) is 5.61. The van der Waals surface area contributed by atoms with E-state index in [9.17, 15) is 10.1 Å². The summed E-state index contributed by atoms with van der Waals surface area (Å²) in [5.74, 6) is 0. The highest BCUT2D eigenvalue weighted by Crippen LogP contribution is 2.35. The van der Waals surface area contributed by atoms with E-state index in [4.69, 9.17) is 5.73 Å². The molecule has 0 bridgehead atoms. The molecular formula is C15H18N4O2. The van der Waals surface area contributed by atoms with Crippen molar-refractivity contribution in [1.82, 2.24) is 4.98 Å². The number of fused-ring (bicyclic) bond motifs is 1. The van der Waals surface area contributed by atoms with Crippen LogP contribution in [-0.4, -0.2) is 28.5 Å². The number of hydrogen-bond donors (Lipinski definition) is 1. The number of pyridine rings is 1. The number of hydrogen-bond acceptors (Lipinski definition) is 5. The molecule has 2 N–H and O–H groups in total. The molecule has 1 fully saturated rings. The highest BCUT2D eigenvalue weighted by atomic mass is 16.6. The molecule has 0 radical (unpaired) electrons. The first-order valence-corrected chi connectivity index (χ1v) is 7.11. The number of aromatic nitrogens is 1. The van der Waals surface area contributed by atoms with Crippen molar-refractivity contribution in [2.75, 3.05) is 11.4 Å². The first-order chi connectivity index (χ1) is 10.1. The fourth-order valence-electron chi connectivity index (χ4n) is 3.14. The normalized spacial score (nSPS) is 22.5. The summed E-state index contributed by atoms with van der Waals surface area (Å²) in [6.45, 7) is 3.02. The van der Waals surface area contributed by atoms with Crippen LogP contribution in [-0.2, 0) is 0 Å². The Balaban J connectivity index is 2.12. The summed E-state index contributed by atoms with van der Waals surface area (Å²) in [4.78, 5) is 17.1. The van der Waals surface area contributed by atoms with E-state index < -0.39 is 0 Å². The van der Waals surface area contributed by atoms with Gasteiger partial charge < -0.3 is 10.6 Å². The lowest BCUT2D eigenvalue weighted by Crippen LogP contribution is -2.45. The van der Waals surface area contributed by atoms with E-state index in [0.29, 0.717) is 11.4 Å². The van der Waals surface area contributed by atoms with Crippen molar-refractivity contribution < 1.29 is 4.92 Å². The van der Waals surface area contributed by atoms with Gasteiger partial charge in [0.25, 0.3) is 5.69 Å². The lowest BCUT2D eigenvalue weighted by molar-refractivity contribution is -0.383. The molecule has 1 aromatic heterocycles. The highest BCUT2D eigenvalue weighted by Gasteiger charge is 2.26. The predicted octanol–water partition coefficient (Wildman–Crippen LogP) is 2.46. The number of nitro benzene ring substituents is 1. The summed E-state index contributed by atoms with van der Waals surface area (Å²) in [5.41, 5.74) is 7.14. The maximum Gasteiger partial charge on any atom is 0.278 e. The molecule has 1 aliphatic heterocycles. The van der Waals surface area contributed by atoms with E-state index in [2.05, 4.69) is 16.8 Å². The molecule has 2 unspecified atom stereocenters. The molecule has 2 heterocycles. The van der Waals surface area contributed by atoms with Gasteiger partial charge in [0.05, 0.1) is 10.3 Å². The lowest BCUT2D eigenvalue weighted by atomic mass is 9.97. The predicted molar refractivity (Wildman–Crippen MR) is 82.4 cm³/mol. The van der Waals surface area contributed by atoms with Crippen LogP contribution >= 0.6 is 0 Å². The minimum absolute atomic E-state index is 0.100. The Kier molecular flexibility index (Phi) is 3.47. The first-order valence-electron chi connectivity index (χ1n) is 7.11. The molecule has 0 amide bonds. The third-order valence-electron chi connectivity index (χ3n) is 4.19. The first kappa shape index (κ1) is 13.8. The topological polar surface area (TPSA) is 85.3 Å². The van der Waals surface area contributed by atoms with Gasteiger partial charge in [-0.2, -0.15) is 0 Å². The molecule has 2 aromatic rings. The van der Waals surface area contributed by atoms with Crippen molar-refractivity contribution in [3.63, 3.8) is 0 Å². The van der Waals surface area contributed by atoms with Gasteiger partial charge in [-0.05, 0) is 31.9 Å². The number of non-ortho nitro benzene ring substituents is 1. The Labute approximate surface area is 122 Å². The molecule has 2 atom stereocenters. The van der Waals surface area contributed by atoms with Crippen LogP contribution in [0.15, 0.2) is 30.6 Å². The molecular weight excluding hydrogens is 268 g/mol. The Hall–Kier alpha value is -2.21. The fraction of sp³-hybridized carbons (Fsp3) is 0.400. The van der Waals surface area contributed by atoms with Crippen LogP contribution in [0.1, 0.15) is 19.8 Å². The maximum absolute atomic E-state index is 11.2. The second-order valence-electron chi connectivity index (χ2n) is 5.61. The number of nitrogens with zero attached hydrogens (tertiary/aromatic N) is 3. The monoisotopic (exact) mass is 286 g/mol. The SMILES string of the molecule is CC1CC(N)CCN1c1ccc([N+](=O)[O-])c2cnccc12. The maximum atomic E-state index is 11.2. The number of rotatable bonds is 2. The van der Waals surface area contributed by atoms with Crippen LogP contribution in [0.5, 0.6) is 0 Å². The summed E-state index contributed by atoms with van der Waals surface area (Å²) < 4.78 is 0. The molecule has 3 rings (SSSR count). The quantitative estimate of drug-likeness (QED) is 0.677. The van der Waals surface area contributed by atoms with Crippen molar-refractivity contribution in [2.45, 2.75) is 31.8 Å². The number of benzene rings is 1. The molecule has 1 aliphatic rings. The van der Waals surface area contributed by atoms with Gasteiger partial charge >= 0.3 is 0 Å². The van der Waals surface area contributed by atoms with Crippen molar-refractivity contribution in [3.05, 3.63) is 40.7 Å². The number of nitrogens with two attached hydrogens (primary N) is 1. The number of anilines is 1. The minimum atomic E-state index is -0.358. The fourth-order valence-corrected chi connectivity index (χ4v) is 3.14. The third kappa shape index (κ3) is 2.42. The van der Waals surface area contributed by atoms with E-state index in [0.717, 1.165) is 30.5 Å². The minimum Gasteiger partial charge on any atom is -0.368 e. The largest absolute Gasteiger partial charge is 0.368 e. The molecule has 0 aliphatic carbocycles. The Morgan fingerprint density at radius 1 is 1.38 bits per heavy atom. The van der Waals surface area contributed by atoms with Crippen molar-refractivity contribution in [3.8, 4) is 0 Å². The Morgan fingerprint density at radius 3 is 2.90 bits per heavy atom. The summed E-state index contributed by atoms with van der Waals surface area (Å²) in [7, 11) is 0. The van der Waals surface area contributed by atoms with Crippen LogP contribution in [0.3, 0.4) is 0 Å². The van der Waals surface area contributed by atoms with Crippen LogP contribution in [0.4, 0.5) is 11.4 Å². The van der Waals surface area contributed by atoms with Crippen molar-refractivity contribution in [1.29, 1.82) is 0 Å². The van der Waals surface area contributed by atoms with Crippen LogP contribution in [0, 0.1) is 10.1 Å². The summed E-state index contributed by atoms with van der Waals surface area (Å²) in [6.07, 6.45) is 5.12. The zero-order valence-electron chi connectivity index (χ0n) is 11.9. The average molecular weight is 286 g/mol. The Morgan fingerprint density at radius 2 is 2.19 bits per heavy atom. The Bertz CT molecular complexity index is 688. The summed E-state index contributed by atoms with van der Waals surface area (Å²) in [6, 6.07) is 5.82. The molecule has 6 nitrogen and oxygen atoms in total. The van der Waals surface area contributed by atoms with Gasteiger partial charge in [0.15, 0.2) is 0 Å². The van der Waals surface area contributed by atoms with Gasteiger partial charge in [0.2, 0.25) is 0 Å². The molecule has 21 heavy (non-hydrogen) atoms. The van der Waals surface area contributed by atoms with Crippen LogP contribution in [0.25, 0.3) is 10.8 Å². The van der Waals surface area contributed by atoms with Crippen LogP contribution in [0.2, 0.25) is 0 Å². The molecule has 1 saturated heterocycles. The zero-order chi connectivity index (χ0) is 15.0. The smallest absolute Gasteiger partial charge is 0.278 e. The molecule has 1 aromatic carbocycles. The van der Waals surface area contributed by atoms with E-state index in [1.165, 1.54) is 0 Å². The van der Waals surface area contributed by atoms with Gasteiger partial charge in [-0.3, -0.25) is 15.1 Å².